The molecular formula is C24H31N5O5. The molecule has 1 aromatic heterocycles. The van der Waals surface area contributed by atoms with E-state index in [0.29, 0.717) is 29.6 Å². The molecule has 1 fully saturated rings. The van der Waals surface area contributed by atoms with Crippen LogP contribution >= 0.6 is 0 Å². The van der Waals surface area contributed by atoms with Crippen LogP contribution in [0.1, 0.15) is 37.2 Å². The van der Waals surface area contributed by atoms with Crippen LogP contribution in [0, 0.1) is 29.1 Å². The first-order valence-corrected chi connectivity index (χ1v) is 11.3. The predicted octanol–water partition coefficient (Wildman–Crippen LogP) is 0.916. The molecule has 1 aliphatic rings. The van der Waals surface area contributed by atoms with Gasteiger partial charge in [0.15, 0.2) is 6.10 Å². The Balaban J connectivity index is 1.90. The van der Waals surface area contributed by atoms with Crippen molar-refractivity contribution in [1.82, 2.24) is 15.2 Å². The first kappa shape index (κ1) is 25.1. The monoisotopic (exact) mass is 469 g/mol. The third-order valence-corrected chi connectivity index (χ3v) is 6.44. The van der Waals surface area contributed by atoms with Gasteiger partial charge in [0.05, 0.1) is 30.7 Å². The fraction of sp³-hybridized carbons (Fsp3) is 0.500. The Hall–Kier alpha value is -3.58. The highest BCUT2D eigenvalue weighted by Gasteiger charge is 2.34. The Labute approximate surface area is 198 Å². The highest BCUT2D eigenvalue weighted by molar-refractivity contribution is 5.99. The molecule has 0 bridgehead atoms. The summed E-state index contributed by atoms with van der Waals surface area (Å²) in [5.41, 5.74) is 6.57. The minimum absolute atomic E-state index is 0.140. The molecule has 0 radical (unpaired) electrons. The van der Waals surface area contributed by atoms with Gasteiger partial charge in [-0.25, -0.2) is 0 Å². The fourth-order valence-corrected chi connectivity index (χ4v) is 4.45. The lowest BCUT2D eigenvalue weighted by molar-refractivity contribution is -0.129. The zero-order chi connectivity index (χ0) is 25.0. The van der Waals surface area contributed by atoms with Gasteiger partial charge in [-0.3, -0.25) is 14.4 Å². The first-order valence-electron chi connectivity index (χ1n) is 11.3. The molecule has 10 nitrogen and oxygen atoms in total. The Kier molecular flexibility index (Phi) is 7.79. The van der Waals surface area contributed by atoms with E-state index in [9.17, 15) is 24.8 Å². The lowest BCUT2D eigenvalue weighted by atomic mass is 9.91. The van der Waals surface area contributed by atoms with Gasteiger partial charge in [0.25, 0.3) is 5.91 Å². The van der Waals surface area contributed by atoms with E-state index in [1.165, 1.54) is 7.11 Å². The summed E-state index contributed by atoms with van der Waals surface area (Å²) in [5, 5.41) is 25.7. The van der Waals surface area contributed by atoms with Crippen molar-refractivity contribution in [2.75, 3.05) is 13.7 Å². The largest absolute Gasteiger partial charge is 0.496 e. The van der Waals surface area contributed by atoms with Gasteiger partial charge >= 0.3 is 0 Å². The zero-order valence-electron chi connectivity index (χ0n) is 19.6. The highest BCUT2D eigenvalue weighted by Crippen LogP contribution is 2.30. The van der Waals surface area contributed by atoms with Crippen LogP contribution in [0.2, 0.25) is 0 Å². The van der Waals surface area contributed by atoms with Crippen LogP contribution < -0.4 is 21.1 Å². The maximum Gasteiger partial charge on any atom is 0.265 e. The second-order valence-corrected chi connectivity index (χ2v) is 8.95. The Bertz CT molecular complexity index is 1120. The molecule has 10 heteroatoms. The van der Waals surface area contributed by atoms with E-state index >= 15 is 0 Å². The molecule has 0 spiro atoms. The molecule has 5 N–H and O–H groups in total. The average Bonchev–Trinajstić information content (AvgIpc) is 3.39. The smallest absolute Gasteiger partial charge is 0.265 e. The van der Waals surface area contributed by atoms with Crippen molar-refractivity contribution < 1.29 is 24.2 Å². The number of ether oxygens (including phenoxy) is 1. The summed E-state index contributed by atoms with van der Waals surface area (Å²) in [7, 11) is 1.53. The molecule has 0 aliphatic carbocycles. The lowest BCUT2D eigenvalue weighted by Gasteiger charge is -2.27. The molecule has 1 saturated heterocycles. The molecule has 2 aromatic rings. The topological polar surface area (TPSA) is 159 Å². The number of primary amides is 1. The van der Waals surface area contributed by atoms with Crippen LogP contribution in [0.4, 0.5) is 0 Å². The molecular weight excluding hydrogens is 438 g/mol. The van der Waals surface area contributed by atoms with Crippen LogP contribution in [0.5, 0.6) is 5.75 Å². The van der Waals surface area contributed by atoms with E-state index in [1.54, 1.807) is 28.8 Å². The molecule has 1 aromatic carbocycles. The molecule has 3 rings (SSSR count). The summed E-state index contributed by atoms with van der Waals surface area (Å²) in [4.78, 5) is 37.5. The van der Waals surface area contributed by atoms with Crippen molar-refractivity contribution in [2.45, 2.75) is 45.4 Å². The molecule has 4 atom stereocenters. The number of rotatable bonds is 10. The number of hydrogen-bond acceptors (Lipinski definition) is 6. The number of carbonyl (C=O) groups excluding carboxylic acids is 3. The summed E-state index contributed by atoms with van der Waals surface area (Å²) >= 11 is 0. The minimum Gasteiger partial charge on any atom is -0.496 e. The number of nitrogens with two attached hydrogens (primary N) is 1. The van der Waals surface area contributed by atoms with Crippen molar-refractivity contribution in [2.24, 2.45) is 23.5 Å². The first-order chi connectivity index (χ1) is 16.2. The van der Waals surface area contributed by atoms with Crippen LogP contribution in [0.15, 0.2) is 24.3 Å². The standard InChI is InChI=1S/C24H31N5O5/c1-13(2)16(24(33)28-17(20(30)11-25)9-14-7-8-27-23(14)32)12-29-18-5-4-6-21(34-3)15(18)10-19(29)22(26)31/h4-6,10,13-14,16-17,20,30H,7-9,12H2,1-3H3,(H2,26,31)(H,27,32)(H,28,33)/t14-,16+,17-,20+/m0/s1. The lowest BCUT2D eigenvalue weighted by Crippen LogP contribution is -2.48. The van der Waals surface area contributed by atoms with Crippen molar-refractivity contribution in [1.29, 1.82) is 5.26 Å². The highest BCUT2D eigenvalue weighted by atomic mass is 16.5. The summed E-state index contributed by atoms with van der Waals surface area (Å²) in [6.07, 6.45) is -0.716. The SMILES string of the molecule is COc1cccc2c1cc(C(N)=O)n2C[C@@H](C(=O)N[C@@H](C[C@@H]1CCNC1=O)[C@H](O)C#N)C(C)C. The number of aliphatic hydroxyl groups excluding tert-OH is 1. The summed E-state index contributed by atoms with van der Waals surface area (Å²) in [6.45, 7) is 4.43. The van der Waals surface area contributed by atoms with Crippen molar-refractivity contribution in [3.05, 3.63) is 30.0 Å². The van der Waals surface area contributed by atoms with Crippen molar-refractivity contribution >= 4 is 28.6 Å². The van der Waals surface area contributed by atoms with Crippen LogP contribution in [-0.4, -0.2) is 53.2 Å². The number of carbonyl (C=O) groups is 3. The maximum absolute atomic E-state index is 13.4. The summed E-state index contributed by atoms with van der Waals surface area (Å²) in [5.74, 6) is -1.71. The van der Waals surface area contributed by atoms with Crippen molar-refractivity contribution in [3.63, 3.8) is 0 Å². The fourth-order valence-electron chi connectivity index (χ4n) is 4.45. The van der Waals surface area contributed by atoms with Gasteiger partial charge < -0.3 is 30.8 Å². The van der Waals surface area contributed by atoms with E-state index in [-0.39, 0.29) is 42.3 Å². The van der Waals surface area contributed by atoms with Gasteiger partial charge in [0.1, 0.15) is 11.4 Å². The van der Waals surface area contributed by atoms with Gasteiger partial charge in [-0.1, -0.05) is 19.9 Å². The number of nitrogens with zero attached hydrogens (tertiary/aromatic N) is 2. The van der Waals surface area contributed by atoms with Gasteiger partial charge in [-0.15, -0.1) is 0 Å². The molecule has 0 unspecified atom stereocenters. The number of nitrogens with one attached hydrogen (secondary N) is 2. The molecule has 2 heterocycles. The van der Waals surface area contributed by atoms with Gasteiger partial charge in [0, 0.05) is 24.4 Å². The zero-order valence-corrected chi connectivity index (χ0v) is 19.6. The number of benzene rings is 1. The number of aromatic nitrogens is 1. The van der Waals surface area contributed by atoms with Crippen LogP contribution in [-0.2, 0) is 16.1 Å². The van der Waals surface area contributed by atoms with E-state index in [4.69, 9.17) is 10.5 Å². The normalized spacial score (nSPS) is 18.2. The second kappa shape index (κ2) is 10.6. The molecule has 1 aliphatic heterocycles. The van der Waals surface area contributed by atoms with Gasteiger partial charge in [-0.05, 0) is 37.0 Å². The van der Waals surface area contributed by atoms with Crippen molar-refractivity contribution in [3.8, 4) is 11.8 Å². The van der Waals surface area contributed by atoms with Gasteiger partial charge in [-0.2, -0.15) is 5.26 Å². The van der Waals surface area contributed by atoms with E-state index < -0.39 is 24.0 Å². The molecule has 3 amide bonds. The Morgan fingerprint density at radius 3 is 2.71 bits per heavy atom. The Morgan fingerprint density at radius 2 is 2.15 bits per heavy atom. The van der Waals surface area contributed by atoms with E-state index in [2.05, 4.69) is 10.6 Å². The van der Waals surface area contributed by atoms with Gasteiger partial charge in [0.2, 0.25) is 11.8 Å². The molecule has 182 valence electrons. The minimum atomic E-state index is -1.46. The van der Waals surface area contributed by atoms with Crippen LogP contribution in [0.3, 0.4) is 0 Å². The number of nitriles is 1. The number of amides is 3. The third-order valence-electron chi connectivity index (χ3n) is 6.44. The number of aliphatic hydroxyl groups is 1. The average molecular weight is 470 g/mol. The summed E-state index contributed by atoms with van der Waals surface area (Å²) in [6, 6.07) is 7.90. The number of fused-ring (bicyclic) bond motifs is 1. The quantitative estimate of drug-likeness (QED) is 0.379. The molecule has 0 saturated carbocycles. The molecule has 34 heavy (non-hydrogen) atoms. The number of hydrogen-bond donors (Lipinski definition) is 4. The second-order valence-electron chi connectivity index (χ2n) is 8.95. The summed E-state index contributed by atoms with van der Waals surface area (Å²) < 4.78 is 7.10. The van der Waals surface area contributed by atoms with E-state index in [0.717, 1.165) is 0 Å². The predicted molar refractivity (Wildman–Crippen MR) is 125 cm³/mol. The Morgan fingerprint density at radius 1 is 1.41 bits per heavy atom. The third kappa shape index (κ3) is 5.15. The van der Waals surface area contributed by atoms with E-state index in [1.807, 2.05) is 19.9 Å². The number of methoxy groups -OCH3 is 1. The maximum atomic E-state index is 13.4. The van der Waals surface area contributed by atoms with Crippen LogP contribution in [0.25, 0.3) is 10.9 Å².